The van der Waals surface area contributed by atoms with Crippen LogP contribution in [-0.4, -0.2) is 30.3 Å². The number of benzene rings is 2. The molecular formula is C23H25FN2O. The SMILES string of the molecule is N#CC(c1ccccc1)C1CCN(CCCC(=O)c2ccc(F)cc2)CC1. The fourth-order valence-corrected chi connectivity index (χ4v) is 3.87. The molecule has 4 heteroatoms. The Morgan fingerprint density at radius 2 is 1.78 bits per heavy atom. The molecule has 140 valence electrons. The maximum Gasteiger partial charge on any atom is 0.162 e. The van der Waals surface area contributed by atoms with Gasteiger partial charge in [-0.25, -0.2) is 4.39 Å². The van der Waals surface area contributed by atoms with Gasteiger partial charge in [-0.1, -0.05) is 30.3 Å². The van der Waals surface area contributed by atoms with Crippen molar-refractivity contribution in [1.29, 1.82) is 5.26 Å². The Kier molecular flexibility index (Phi) is 6.73. The van der Waals surface area contributed by atoms with E-state index in [0.29, 0.717) is 17.9 Å². The number of nitriles is 1. The number of ketones is 1. The van der Waals surface area contributed by atoms with Gasteiger partial charge in [0, 0.05) is 12.0 Å². The van der Waals surface area contributed by atoms with E-state index in [-0.39, 0.29) is 17.5 Å². The molecule has 0 aromatic heterocycles. The van der Waals surface area contributed by atoms with Gasteiger partial charge in [-0.15, -0.1) is 0 Å². The second-order valence-corrected chi connectivity index (χ2v) is 7.23. The van der Waals surface area contributed by atoms with E-state index in [1.807, 2.05) is 30.3 Å². The van der Waals surface area contributed by atoms with Crippen LogP contribution >= 0.6 is 0 Å². The Labute approximate surface area is 160 Å². The second kappa shape index (κ2) is 9.43. The summed E-state index contributed by atoms with van der Waals surface area (Å²) in [4.78, 5) is 14.5. The summed E-state index contributed by atoms with van der Waals surface area (Å²) in [5, 5.41) is 9.60. The molecule has 0 saturated carbocycles. The minimum Gasteiger partial charge on any atom is -0.303 e. The summed E-state index contributed by atoms with van der Waals surface area (Å²) in [5.41, 5.74) is 1.69. The van der Waals surface area contributed by atoms with E-state index < -0.39 is 0 Å². The van der Waals surface area contributed by atoms with Crippen LogP contribution in [0.3, 0.4) is 0 Å². The van der Waals surface area contributed by atoms with E-state index >= 15 is 0 Å². The van der Waals surface area contributed by atoms with E-state index in [1.54, 1.807) is 12.1 Å². The highest BCUT2D eigenvalue weighted by Crippen LogP contribution is 2.32. The number of rotatable bonds is 7. The number of piperidine rings is 1. The first kappa shape index (κ1) is 19.3. The second-order valence-electron chi connectivity index (χ2n) is 7.23. The Hall–Kier alpha value is -2.51. The smallest absolute Gasteiger partial charge is 0.162 e. The number of carbonyl (C=O) groups is 1. The van der Waals surface area contributed by atoms with E-state index in [1.165, 1.54) is 12.1 Å². The molecule has 1 unspecified atom stereocenters. The minimum absolute atomic E-state index is 0.0339. The maximum absolute atomic E-state index is 12.9. The molecule has 1 saturated heterocycles. The lowest BCUT2D eigenvalue weighted by Crippen LogP contribution is -2.36. The molecule has 1 atom stereocenters. The Bertz CT molecular complexity index is 774. The van der Waals surface area contributed by atoms with E-state index in [0.717, 1.165) is 44.5 Å². The molecule has 2 aromatic rings. The Morgan fingerprint density at radius 3 is 2.41 bits per heavy atom. The number of carbonyl (C=O) groups excluding carboxylic acids is 1. The van der Waals surface area contributed by atoms with Gasteiger partial charge >= 0.3 is 0 Å². The summed E-state index contributed by atoms with van der Waals surface area (Å²) >= 11 is 0. The Balaban J connectivity index is 1.42. The van der Waals surface area contributed by atoms with Crippen molar-refractivity contribution in [3.05, 3.63) is 71.5 Å². The highest BCUT2D eigenvalue weighted by molar-refractivity contribution is 5.95. The molecule has 3 nitrogen and oxygen atoms in total. The predicted octanol–water partition coefficient (Wildman–Crippen LogP) is 4.81. The van der Waals surface area contributed by atoms with Gasteiger partial charge in [0.25, 0.3) is 0 Å². The summed E-state index contributed by atoms with van der Waals surface area (Å²) in [7, 11) is 0. The first-order valence-corrected chi connectivity index (χ1v) is 9.63. The highest BCUT2D eigenvalue weighted by Gasteiger charge is 2.27. The van der Waals surface area contributed by atoms with Gasteiger partial charge in [-0.05, 0) is 74.6 Å². The molecule has 0 aliphatic carbocycles. The van der Waals surface area contributed by atoms with Crippen molar-refractivity contribution >= 4 is 5.78 Å². The number of likely N-dealkylation sites (tertiary alicyclic amines) is 1. The number of hydrogen-bond donors (Lipinski definition) is 0. The number of halogens is 1. The average Bonchev–Trinajstić information content (AvgIpc) is 2.71. The summed E-state index contributed by atoms with van der Waals surface area (Å²) in [6, 6.07) is 18.3. The summed E-state index contributed by atoms with van der Waals surface area (Å²) in [6.07, 6.45) is 3.32. The van der Waals surface area contributed by atoms with Crippen molar-refractivity contribution in [3.63, 3.8) is 0 Å². The van der Waals surface area contributed by atoms with E-state index in [9.17, 15) is 14.4 Å². The molecule has 1 fully saturated rings. The van der Waals surface area contributed by atoms with Crippen LogP contribution < -0.4 is 0 Å². The van der Waals surface area contributed by atoms with Gasteiger partial charge in [0.2, 0.25) is 0 Å². The minimum atomic E-state index is -0.319. The normalized spacial score (nSPS) is 16.6. The molecule has 0 radical (unpaired) electrons. The molecule has 27 heavy (non-hydrogen) atoms. The van der Waals surface area contributed by atoms with Crippen LogP contribution in [0.4, 0.5) is 4.39 Å². The van der Waals surface area contributed by atoms with Crippen molar-refractivity contribution in [2.75, 3.05) is 19.6 Å². The first-order chi connectivity index (χ1) is 13.2. The molecule has 1 aliphatic heterocycles. The zero-order valence-corrected chi connectivity index (χ0v) is 15.5. The maximum atomic E-state index is 12.9. The van der Waals surface area contributed by atoms with Gasteiger partial charge in [0.15, 0.2) is 5.78 Å². The van der Waals surface area contributed by atoms with Gasteiger partial charge < -0.3 is 4.90 Å². The molecule has 0 spiro atoms. The number of Topliss-reactive ketones (excluding diaryl/α,β-unsaturated/α-hetero) is 1. The fourth-order valence-electron chi connectivity index (χ4n) is 3.87. The molecular weight excluding hydrogens is 339 g/mol. The monoisotopic (exact) mass is 364 g/mol. The van der Waals surface area contributed by atoms with Crippen molar-refractivity contribution in [3.8, 4) is 6.07 Å². The van der Waals surface area contributed by atoms with Crippen LogP contribution in [0.5, 0.6) is 0 Å². The van der Waals surface area contributed by atoms with Crippen molar-refractivity contribution < 1.29 is 9.18 Å². The van der Waals surface area contributed by atoms with Gasteiger partial charge in [-0.2, -0.15) is 5.26 Å². The average molecular weight is 364 g/mol. The van der Waals surface area contributed by atoms with Crippen LogP contribution in [0.25, 0.3) is 0 Å². The van der Waals surface area contributed by atoms with Gasteiger partial charge in [-0.3, -0.25) is 4.79 Å². The van der Waals surface area contributed by atoms with Crippen molar-refractivity contribution in [2.45, 2.75) is 31.6 Å². The first-order valence-electron chi connectivity index (χ1n) is 9.63. The van der Waals surface area contributed by atoms with E-state index in [4.69, 9.17) is 0 Å². The lowest BCUT2D eigenvalue weighted by molar-refractivity contribution is 0.0969. The van der Waals surface area contributed by atoms with Crippen LogP contribution in [0.1, 0.15) is 47.5 Å². The summed E-state index contributed by atoms with van der Waals surface area (Å²) in [6.45, 7) is 2.84. The van der Waals surface area contributed by atoms with Crippen LogP contribution in [0.15, 0.2) is 54.6 Å². The van der Waals surface area contributed by atoms with Crippen LogP contribution in [0.2, 0.25) is 0 Å². The van der Waals surface area contributed by atoms with Crippen molar-refractivity contribution in [1.82, 2.24) is 4.90 Å². The topological polar surface area (TPSA) is 44.1 Å². The summed E-state index contributed by atoms with van der Waals surface area (Å²) < 4.78 is 12.9. The lowest BCUT2D eigenvalue weighted by Gasteiger charge is -2.34. The van der Waals surface area contributed by atoms with Gasteiger partial charge in [0.05, 0.1) is 12.0 Å². The number of nitrogens with zero attached hydrogens (tertiary/aromatic N) is 2. The quantitative estimate of drug-likeness (QED) is 0.662. The molecule has 2 aromatic carbocycles. The molecule has 0 N–H and O–H groups in total. The number of hydrogen-bond acceptors (Lipinski definition) is 3. The largest absolute Gasteiger partial charge is 0.303 e. The third kappa shape index (κ3) is 5.24. The van der Waals surface area contributed by atoms with E-state index in [2.05, 4.69) is 11.0 Å². The van der Waals surface area contributed by atoms with Crippen LogP contribution in [-0.2, 0) is 0 Å². The van der Waals surface area contributed by atoms with Crippen molar-refractivity contribution in [2.24, 2.45) is 5.92 Å². The Morgan fingerprint density at radius 1 is 1.11 bits per heavy atom. The highest BCUT2D eigenvalue weighted by atomic mass is 19.1. The third-order valence-electron chi connectivity index (χ3n) is 5.45. The standard InChI is InChI=1S/C23H25FN2O/c24-21-10-8-20(9-11-21)23(27)7-4-14-26-15-12-19(13-16-26)22(17-25)18-5-2-1-3-6-18/h1-3,5-6,8-11,19,22H,4,7,12-16H2. The molecule has 1 heterocycles. The fraction of sp³-hybridized carbons (Fsp3) is 0.391. The van der Waals surface area contributed by atoms with Gasteiger partial charge in [0.1, 0.15) is 5.82 Å². The summed E-state index contributed by atoms with van der Waals surface area (Å²) in [5.74, 6) is 0.113. The zero-order valence-electron chi connectivity index (χ0n) is 15.5. The molecule has 0 bridgehead atoms. The third-order valence-corrected chi connectivity index (χ3v) is 5.45. The van der Waals surface area contributed by atoms with Crippen LogP contribution in [0, 0.1) is 23.1 Å². The molecule has 3 rings (SSSR count). The molecule has 1 aliphatic rings. The lowest BCUT2D eigenvalue weighted by atomic mass is 9.81. The predicted molar refractivity (Wildman–Crippen MR) is 104 cm³/mol. The zero-order chi connectivity index (χ0) is 19.1. The molecule has 0 amide bonds.